The zero-order valence-electron chi connectivity index (χ0n) is 6.76. The molecule has 0 aromatic heterocycles. The van der Waals surface area contributed by atoms with Crippen LogP contribution in [0.1, 0.15) is 5.56 Å². The highest BCUT2D eigenvalue weighted by Crippen LogP contribution is 2.29. The molecule has 68 valence electrons. The van der Waals surface area contributed by atoms with Crippen molar-refractivity contribution in [3.05, 3.63) is 36.2 Å². The highest BCUT2D eigenvalue weighted by molar-refractivity contribution is 14.1. The number of aliphatic imine (C=N–C) groups is 1. The van der Waals surface area contributed by atoms with Crippen molar-refractivity contribution < 1.29 is 7.46 Å². The minimum absolute atomic E-state index is 0.171. The van der Waals surface area contributed by atoms with Gasteiger partial charge in [0, 0.05) is 5.56 Å². The largest absolute Gasteiger partial charge is 0.428 e. The maximum Gasteiger partial charge on any atom is 0.192 e. The molecule has 0 saturated carbocycles. The van der Waals surface area contributed by atoms with Crippen molar-refractivity contribution in [2.24, 2.45) is 4.99 Å². The Morgan fingerprint density at radius 3 is 2.77 bits per heavy atom. The summed E-state index contributed by atoms with van der Waals surface area (Å²) in [5.74, 6) is -0.0652. The van der Waals surface area contributed by atoms with Crippen LogP contribution in [0.5, 0.6) is 0 Å². The first-order chi connectivity index (χ1) is 6.20. The maximum absolute atomic E-state index is 13.1. The topological polar surface area (TPSA) is 21.6 Å². The molecule has 0 aliphatic rings. The van der Waals surface area contributed by atoms with E-state index in [1.54, 1.807) is 35.1 Å². The minimum Gasteiger partial charge on any atom is -0.428 e. The van der Waals surface area contributed by atoms with Crippen molar-refractivity contribution in [2.75, 3.05) is 0 Å². The second-order valence-electron chi connectivity index (χ2n) is 2.29. The molecule has 1 rings (SSSR count). The van der Waals surface area contributed by atoms with Crippen LogP contribution in [0.3, 0.4) is 0 Å². The predicted octanol–water partition coefficient (Wildman–Crippen LogP) is 3.50. The molecule has 0 aliphatic carbocycles. The fraction of sp³-hybridized carbons (Fsp3) is 0. The van der Waals surface area contributed by atoms with Crippen LogP contribution in [0.2, 0.25) is 0 Å². The quantitative estimate of drug-likeness (QED) is 0.474. The summed E-state index contributed by atoms with van der Waals surface area (Å²) in [6, 6.07) is 4.56. The molecule has 0 atom stereocenters. The van der Waals surface area contributed by atoms with Gasteiger partial charge < -0.3 is 3.07 Å². The molecule has 0 radical (unpaired) electrons. The first kappa shape index (κ1) is 10.2. The van der Waals surface area contributed by atoms with Crippen LogP contribution in [0, 0.1) is 5.82 Å². The van der Waals surface area contributed by atoms with Gasteiger partial charge in [0.05, 0.1) is 0 Å². The number of nitrogens with zero attached hydrogens (tertiary/aromatic N) is 1. The molecule has 0 bridgehead atoms. The van der Waals surface area contributed by atoms with Crippen molar-refractivity contribution in [1.29, 1.82) is 0 Å². The van der Waals surface area contributed by atoms with E-state index in [0.29, 0.717) is 11.3 Å². The lowest BCUT2D eigenvalue weighted by molar-refractivity contribution is 0.626. The lowest BCUT2D eigenvalue weighted by atomic mass is 10.1. The molecule has 0 spiro atoms. The summed E-state index contributed by atoms with van der Waals surface area (Å²) >= 11 is 1.68. The summed E-state index contributed by atoms with van der Waals surface area (Å²) in [6.07, 6.45) is 0. The summed E-state index contributed by atoms with van der Waals surface area (Å²) < 4.78 is 18.0. The second kappa shape index (κ2) is 4.36. The van der Waals surface area contributed by atoms with Gasteiger partial charge in [0.15, 0.2) is 23.0 Å². The van der Waals surface area contributed by atoms with Gasteiger partial charge in [-0.3, -0.25) is 4.99 Å². The van der Waals surface area contributed by atoms with E-state index in [-0.39, 0.29) is 5.69 Å². The zero-order valence-corrected chi connectivity index (χ0v) is 8.92. The summed E-state index contributed by atoms with van der Waals surface area (Å²) in [4.78, 5) is 3.57. The minimum atomic E-state index is -0.429. The Morgan fingerprint density at radius 2 is 2.23 bits per heavy atom. The Hall–Kier alpha value is -0.910. The first-order valence-electron chi connectivity index (χ1n) is 3.43. The standard InChI is InChI=1S/C9H7FINO/c1-6(13-11)7-4-3-5-8(10)9(7)12-2/h3-5H,1-2H2. The van der Waals surface area contributed by atoms with E-state index in [0.717, 1.165) is 0 Å². The molecule has 0 amide bonds. The second-order valence-corrected chi connectivity index (χ2v) is 2.73. The van der Waals surface area contributed by atoms with Gasteiger partial charge in [0.25, 0.3) is 0 Å². The van der Waals surface area contributed by atoms with E-state index in [9.17, 15) is 4.39 Å². The SMILES string of the molecule is C=Nc1c(F)cccc1C(=C)OI. The highest BCUT2D eigenvalue weighted by Gasteiger charge is 2.09. The molecule has 13 heavy (non-hydrogen) atoms. The van der Waals surface area contributed by atoms with Gasteiger partial charge in [-0.1, -0.05) is 12.6 Å². The smallest absolute Gasteiger partial charge is 0.192 e. The Morgan fingerprint density at radius 1 is 1.54 bits per heavy atom. The van der Waals surface area contributed by atoms with Gasteiger partial charge in [-0.25, -0.2) is 4.39 Å². The third-order valence-corrected chi connectivity index (χ3v) is 2.07. The molecule has 0 N–H and O–H groups in total. The number of halogens is 2. The third-order valence-electron chi connectivity index (χ3n) is 1.54. The molecular formula is C9H7FINO. The molecule has 0 saturated heterocycles. The van der Waals surface area contributed by atoms with Gasteiger partial charge >= 0.3 is 0 Å². The fourth-order valence-electron chi connectivity index (χ4n) is 0.943. The predicted molar refractivity (Wildman–Crippen MR) is 59.7 cm³/mol. The Labute approximate surface area is 89.8 Å². The highest BCUT2D eigenvalue weighted by atomic mass is 127. The van der Waals surface area contributed by atoms with Gasteiger partial charge in [-0.15, -0.1) is 0 Å². The molecule has 0 heterocycles. The summed E-state index contributed by atoms with van der Waals surface area (Å²) in [5.41, 5.74) is 0.688. The lowest BCUT2D eigenvalue weighted by Crippen LogP contribution is -1.86. The molecular weight excluding hydrogens is 284 g/mol. The van der Waals surface area contributed by atoms with Crippen LogP contribution in [-0.2, 0) is 3.07 Å². The van der Waals surface area contributed by atoms with E-state index in [1.165, 1.54) is 6.07 Å². The van der Waals surface area contributed by atoms with Crippen LogP contribution in [0.25, 0.3) is 5.76 Å². The monoisotopic (exact) mass is 291 g/mol. The van der Waals surface area contributed by atoms with Gasteiger partial charge in [0.2, 0.25) is 0 Å². The van der Waals surface area contributed by atoms with Crippen LogP contribution in [0.15, 0.2) is 29.8 Å². The molecule has 1 aromatic rings. The van der Waals surface area contributed by atoms with Gasteiger partial charge in [-0.05, 0) is 18.9 Å². The number of rotatable bonds is 3. The molecule has 1 aromatic carbocycles. The first-order valence-corrected chi connectivity index (χ1v) is 4.32. The third kappa shape index (κ3) is 2.06. The molecule has 0 aliphatic heterocycles. The summed E-state index contributed by atoms with van der Waals surface area (Å²) in [6.45, 7) is 6.89. The Balaban J connectivity index is 3.28. The maximum atomic E-state index is 13.1. The summed E-state index contributed by atoms with van der Waals surface area (Å²) in [7, 11) is 0. The van der Waals surface area contributed by atoms with E-state index in [2.05, 4.69) is 18.3 Å². The Kier molecular flexibility index (Phi) is 3.41. The molecule has 0 unspecified atom stereocenters. The number of hydrogen-bond acceptors (Lipinski definition) is 2. The average Bonchev–Trinajstić information content (AvgIpc) is 2.16. The zero-order chi connectivity index (χ0) is 9.84. The van der Waals surface area contributed by atoms with Crippen LogP contribution < -0.4 is 0 Å². The normalized spacial score (nSPS) is 9.38. The fourth-order valence-corrected chi connectivity index (χ4v) is 1.18. The van der Waals surface area contributed by atoms with Crippen LogP contribution in [0.4, 0.5) is 10.1 Å². The summed E-state index contributed by atoms with van der Waals surface area (Å²) in [5, 5.41) is 0. The average molecular weight is 291 g/mol. The van der Waals surface area contributed by atoms with Gasteiger partial charge in [-0.2, -0.15) is 0 Å². The van der Waals surface area contributed by atoms with Crippen molar-refractivity contribution in [3.63, 3.8) is 0 Å². The van der Waals surface area contributed by atoms with Gasteiger partial charge in [0.1, 0.15) is 17.3 Å². The number of para-hydroxylation sites is 1. The van der Waals surface area contributed by atoms with Crippen molar-refractivity contribution in [2.45, 2.75) is 0 Å². The van der Waals surface area contributed by atoms with E-state index in [1.807, 2.05) is 0 Å². The van der Waals surface area contributed by atoms with Crippen LogP contribution >= 0.6 is 23.0 Å². The molecule has 4 heteroatoms. The van der Waals surface area contributed by atoms with Crippen molar-refractivity contribution >= 4 is 41.2 Å². The lowest BCUT2D eigenvalue weighted by Gasteiger charge is -2.05. The van der Waals surface area contributed by atoms with E-state index < -0.39 is 5.82 Å². The van der Waals surface area contributed by atoms with Crippen LogP contribution in [-0.4, -0.2) is 6.72 Å². The number of hydrogen-bond donors (Lipinski definition) is 0. The Bertz CT molecular complexity index is 351. The number of benzene rings is 1. The van der Waals surface area contributed by atoms with E-state index >= 15 is 0 Å². The van der Waals surface area contributed by atoms with Crippen molar-refractivity contribution in [3.8, 4) is 0 Å². The molecule has 0 fully saturated rings. The molecule has 2 nitrogen and oxygen atoms in total. The van der Waals surface area contributed by atoms with Crippen molar-refractivity contribution in [1.82, 2.24) is 0 Å². The van der Waals surface area contributed by atoms with E-state index in [4.69, 9.17) is 3.07 Å².